The van der Waals surface area contributed by atoms with Gasteiger partial charge in [-0.1, -0.05) is 30.0 Å². The SMILES string of the molecule is CC(C)(C)OC(=O)NCCC#Cc1c(C=O)cccc1C=O. The van der Waals surface area contributed by atoms with Crippen molar-refractivity contribution in [3.8, 4) is 11.8 Å². The van der Waals surface area contributed by atoms with Gasteiger partial charge in [0.2, 0.25) is 0 Å². The Hall–Kier alpha value is -2.61. The molecule has 22 heavy (non-hydrogen) atoms. The summed E-state index contributed by atoms with van der Waals surface area (Å²) in [5.74, 6) is 5.63. The number of amides is 1. The summed E-state index contributed by atoms with van der Waals surface area (Å²) in [5, 5.41) is 2.58. The molecule has 1 rings (SSSR count). The molecule has 0 atom stereocenters. The lowest BCUT2D eigenvalue weighted by Crippen LogP contribution is -2.32. The molecule has 1 N–H and O–H groups in total. The first-order valence-electron chi connectivity index (χ1n) is 6.86. The van der Waals surface area contributed by atoms with Gasteiger partial charge in [-0.05, 0) is 20.8 Å². The number of hydrogen-bond donors (Lipinski definition) is 1. The van der Waals surface area contributed by atoms with E-state index < -0.39 is 11.7 Å². The number of benzene rings is 1. The molecule has 0 fully saturated rings. The van der Waals surface area contributed by atoms with Crippen molar-refractivity contribution in [2.75, 3.05) is 6.54 Å². The molecule has 116 valence electrons. The second kappa shape index (κ2) is 7.99. The Balaban J connectivity index is 2.61. The zero-order chi connectivity index (χ0) is 16.6. The molecule has 0 spiro atoms. The third-order valence-electron chi connectivity index (χ3n) is 2.51. The Morgan fingerprint density at radius 3 is 2.32 bits per heavy atom. The van der Waals surface area contributed by atoms with Crippen LogP contribution in [0.2, 0.25) is 0 Å². The lowest BCUT2D eigenvalue weighted by atomic mass is 10.0. The number of alkyl carbamates (subject to hydrolysis) is 1. The van der Waals surface area contributed by atoms with Crippen molar-refractivity contribution < 1.29 is 19.1 Å². The highest BCUT2D eigenvalue weighted by Gasteiger charge is 2.15. The molecule has 0 radical (unpaired) electrons. The van der Waals surface area contributed by atoms with Gasteiger partial charge in [0, 0.05) is 29.7 Å². The largest absolute Gasteiger partial charge is 0.444 e. The third kappa shape index (κ3) is 5.80. The summed E-state index contributed by atoms with van der Waals surface area (Å²) in [6.07, 6.45) is 1.20. The Labute approximate surface area is 130 Å². The minimum atomic E-state index is -0.544. The zero-order valence-electron chi connectivity index (χ0n) is 12.9. The molecule has 5 heteroatoms. The van der Waals surface area contributed by atoms with E-state index in [0.29, 0.717) is 42.2 Å². The predicted molar refractivity (Wildman–Crippen MR) is 82.9 cm³/mol. The fourth-order valence-corrected chi connectivity index (χ4v) is 1.62. The maximum atomic E-state index is 11.4. The standard InChI is InChI=1S/C17H19NO4/c1-17(2,3)22-16(21)18-10-5-4-9-15-13(11-19)7-6-8-14(15)12-20/h6-8,11-12H,5,10H2,1-3H3,(H,18,21). The topological polar surface area (TPSA) is 72.5 Å². The second-order valence-corrected chi connectivity index (χ2v) is 5.53. The smallest absolute Gasteiger partial charge is 0.407 e. The van der Waals surface area contributed by atoms with Crippen LogP contribution in [0, 0.1) is 11.8 Å². The highest BCUT2D eigenvalue weighted by molar-refractivity contribution is 5.88. The van der Waals surface area contributed by atoms with Crippen molar-refractivity contribution in [1.82, 2.24) is 5.32 Å². The first kappa shape index (κ1) is 17.4. The number of carbonyl (C=O) groups is 3. The van der Waals surface area contributed by atoms with E-state index in [9.17, 15) is 14.4 Å². The minimum Gasteiger partial charge on any atom is -0.444 e. The lowest BCUT2D eigenvalue weighted by molar-refractivity contribution is 0.0529. The second-order valence-electron chi connectivity index (χ2n) is 5.53. The van der Waals surface area contributed by atoms with Crippen molar-refractivity contribution in [2.24, 2.45) is 0 Å². The molecular weight excluding hydrogens is 282 g/mol. The van der Waals surface area contributed by atoms with Gasteiger partial charge in [-0.25, -0.2) is 4.79 Å². The van der Waals surface area contributed by atoms with Gasteiger partial charge >= 0.3 is 6.09 Å². The van der Waals surface area contributed by atoms with Crippen LogP contribution in [0.1, 0.15) is 53.5 Å². The lowest BCUT2D eigenvalue weighted by Gasteiger charge is -2.19. The van der Waals surface area contributed by atoms with E-state index in [-0.39, 0.29) is 0 Å². The summed E-state index contributed by atoms with van der Waals surface area (Å²) in [5.41, 5.74) is 0.608. The fraction of sp³-hybridized carbons (Fsp3) is 0.353. The van der Waals surface area contributed by atoms with E-state index in [2.05, 4.69) is 17.2 Å². The summed E-state index contributed by atoms with van der Waals surface area (Å²) in [6, 6.07) is 4.83. The van der Waals surface area contributed by atoms with Crippen LogP contribution >= 0.6 is 0 Å². The van der Waals surface area contributed by atoms with Crippen LogP contribution in [0.25, 0.3) is 0 Å². The minimum absolute atomic E-state index is 0.321. The molecule has 0 aliphatic carbocycles. The number of rotatable bonds is 4. The average molecular weight is 301 g/mol. The van der Waals surface area contributed by atoms with Crippen molar-refractivity contribution in [3.63, 3.8) is 0 Å². The van der Waals surface area contributed by atoms with E-state index in [0.717, 1.165) is 0 Å². The first-order chi connectivity index (χ1) is 10.4. The Morgan fingerprint density at radius 1 is 1.23 bits per heavy atom. The van der Waals surface area contributed by atoms with Crippen LogP contribution < -0.4 is 5.32 Å². The maximum absolute atomic E-state index is 11.4. The van der Waals surface area contributed by atoms with Gasteiger partial charge in [0.25, 0.3) is 0 Å². The van der Waals surface area contributed by atoms with Crippen molar-refractivity contribution in [2.45, 2.75) is 32.8 Å². The van der Waals surface area contributed by atoms with Crippen molar-refractivity contribution in [1.29, 1.82) is 0 Å². The van der Waals surface area contributed by atoms with E-state index in [4.69, 9.17) is 4.74 Å². The average Bonchev–Trinajstić information content (AvgIpc) is 2.44. The molecule has 0 heterocycles. The molecule has 1 aromatic carbocycles. The van der Waals surface area contributed by atoms with Gasteiger partial charge in [0.05, 0.1) is 0 Å². The number of aldehydes is 2. The van der Waals surface area contributed by atoms with Gasteiger partial charge < -0.3 is 10.1 Å². The Bertz CT molecular complexity index is 592. The number of nitrogens with one attached hydrogen (secondary N) is 1. The van der Waals surface area contributed by atoms with Crippen molar-refractivity contribution in [3.05, 3.63) is 34.9 Å². The van der Waals surface area contributed by atoms with Gasteiger partial charge in [-0.2, -0.15) is 0 Å². The zero-order valence-corrected chi connectivity index (χ0v) is 12.9. The summed E-state index contributed by atoms with van der Waals surface area (Å²) in [6.45, 7) is 5.67. The molecule has 0 unspecified atom stereocenters. The normalized spacial score (nSPS) is 10.1. The van der Waals surface area contributed by atoms with Gasteiger partial charge in [-0.3, -0.25) is 9.59 Å². The molecular formula is C17H19NO4. The molecule has 0 aliphatic heterocycles. The molecule has 0 bridgehead atoms. The fourth-order valence-electron chi connectivity index (χ4n) is 1.62. The molecule has 0 saturated carbocycles. The van der Waals surface area contributed by atoms with E-state index in [1.807, 2.05) is 0 Å². The number of hydrogen-bond acceptors (Lipinski definition) is 4. The Kier molecular flexibility index (Phi) is 6.33. The Morgan fingerprint density at radius 2 is 1.82 bits per heavy atom. The summed E-state index contributed by atoms with van der Waals surface area (Å²) in [7, 11) is 0. The van der Waals surface area contributed by atoms with Crippen LogP contribution in [-0.4, -0.2) is 30.8 Å². The van der Waals surface area contributed by atoms with Crippen LogP contribution in [0.4, 0.5) is 4.79 Å². The maximum Gasteiger partial charge on any atom is 0.407 e. The summed E-state index contributed by atoms with van der Waals surface area (Å²) >= 11 is 0. The first-order valence-corrected chi connectivity index (χ1v) is 6.86. The van der Waals surface area contributed by atoms with E-state index >= 15 is 0 Å². The van der Waals surface area contributed by atoms with Crippen LogP contribution in [-0.2, 0) is 4.74 Å². The highest BCUT2D eigenvalue weighted by atomic mass is 16.6. The monoisotopic (exact) mass is 301 g/mol. The number of carbonyl (C=O) groups excluding carboxylic acids is 3. The molecule has 1 amide bonds. The summed E-state index contributed by atoms with van der Waals surface area (Å²) in [4.78, 5) is 33.3. The van der Waals surface area contributed by atoms with Gasteiger partial charge in [-0.15, -0.1) is 0 Å². The van der Waals surface area contributed by atoms with Crippen molar-refractivity contribution >= 4 is 18.7 Å². The molecule has 1 aromatic rings. The van der Waals surface area contributed by atoms with Crippen LogP contribution in [0.3, 0.4) is 0 Å². The highest BCUT2D eigenvalue weighted by Crippen LogP contribution is 2.10. The summed E-state index contributed by atoms with van der Waals surface area (Å²) < 4.78 is 5.08. The van der Waals surface area contributed by atoms with Gasteiger partial charge in [0.15, 0.2) is 12.6 Å². The van der Waals surface area contributed by atoms with E-state index in [1.165, 1.54) is 0 Å². The third-order valence-corrected chi connectivity index (χ3v) is 2.51. The van der Waals surface area contributed by atoms with E-state index in [1.54, 1.807) is 39.0 Å². The van der Waals surface area contributed by atoms with Gasteiger partial charge in [0.1, 0.15) is 5.60 Å². The quantitative estimate of drug-likeness (QED) is 0.527. The molecule has 0 aromatic heterocycles. The molecule has 5 nitrogen and oxygen atoms in total. The molecule has 0 aliphatic rings. The van der Waals surface area contributed by atoms with Crippen LogP contribution in [0.15, 0.2) is 18.2 Å². The predicted octanol–water partition coefficient (Wildman–Crippen LogP) is 2.58. The number of ether oxygens (including phenoxy) is 1. The van der Waals surface area contributed by atoms with Crippen LogP contribution in [0.5, 0.6) is 0 Å². The molecule has 0 saturated heterocycles.